The predicted octanol–water partition coefficient (Wildman–Crippen LogP) is 5.57. The molecule has 0 radical (unpaired) electrons. The van der Waals surface area contributed by atoms with Gasteiger partial charge in [0.25, 0.3) is 0 Å². The number of rotatable bonds is 4. The number of halogens is 1. The van der Waals surface area contributed by atoms with Crippen molar-refractivity contribution in [3.8, 4) is 0 Å². The third-order valence-electron chi connectivity index (χ3n) is 3.07. The number of anilines is 1. The lowest BCUT2D eigenvalue weighted by molar-refractivity contribution is 0.987. The van der Waals surface area contributed by atoms with Crippen LogP contribution in [0.4, 0.5) is 5.69 Å². The van der Waals surface area contributed by atoms with Crippen LogP contribution in [0, 0.1) is 0 Å². The highest BCUT2D eigenvalue weighted by atomic mass is 35.5. The molecule has 21 heavy (non-hydrogen) atoms. The Hall–Kier alpha value is -1.99. The van der Waals surface area contributed by atoms with Gasteiger partial charge >= 0.3 is 0 Å². The molecule has 3 rings (SSSR count). The van der Waals surface area contributed by atoms with Crippen molar-refractivity contribution in [3.63, 3.8) is 0 Å². The second-order valence-electron chi connectivity index (χ2n) is 4.68. The summed E-state index contributed by atoms with van der Waals surface area (Å²) in [4.78, 5) is 0. The zero-order valence-corrected chi connectivity index (χ0v) is 12.8. The summed E-state index contributed by atoms with van der Waals surface area (Å²) in [5.41, 5.74) is 1.16. The van der Waals surface area contributed by atoms with E-state index >= 15 is 0 Å². The first-order valence-electron chi connectivity index (χ1n) is 7.19. The van der Waals surface area contributed by atoms with Crippen molar-refractivity contribution < 1.29 is 0 Å². The predicted molar refractivity (Wildman–Crippen MR) is 94.2 cm³/mol. The summed E-state index contributed by atoms with van der Waals surface area (Å²) >= 11 is 5.53. The fourth-order valence-electron chi connectivity index (χ4n) is 1.99. The standard InChI is InChI=1S/C10H8.C9H12ClN/c1-2-6-10-8-4-3-7-9(10)5-1;10-7-4-8-11-9-5-2-1-3-6-9/h1-8H;1-3,5-6,11H,4,7-8H2. The molecular weight excluding hydrogens is 278 g/mol. The monoisotopic (exact) mass is 297 g/mol. The Morgan fingerprint density at radius 3 is 1.62 bits per heavy atom. The molecular formula is C19H20ClN. The smallest absolute Gasteiger partial charge is 0.0340 e. The van der Waals surface area contributed by atoms with Gasteiger partial charge in [0.15, 0.2) is 0 Å². The molecule has 2 heteroatoms. The van der Waals surface area contributed by atoms with E-state index < -0.39 is 0 Å². The Bertz CT molecular complexity index is 572. The van der Waals surface area contributed by atoms with E-state index in [0.29, 0.717) is 0 Å². The SMILES string of the molecule is ClCCCNc1ccccc1.c1ccc2ccccc2c1. The maximum absolute atomic E-state index is 5.53. The van der Waals surface area contributed by atoms with Crippen LogP contribution in [0.15, 0.2) is 78.9 Å². The molecule has 0 aromatic heterocycles. The van der Waals surface area contributed by atoms with E-state index in [1.165, 1.54) is 10.8 Å². The average molecular weight is 298 g/mol. The van der Waals surface area contributed by atoms with Gasteiger partial charge < -0.3 is 5.32 Å². The maximum atomic E-state index is 5.53. The number of hydrogen-bond acceptors (Lipinski definition) is 1. The van der Waals surface area contributed by atoms with Gasteiger partial charge in [-0.3, -0.25) is 0 Å². The first-order valence-corrected chi connectivity index (χ1v) is 7.72. The largest absolute Gasteiger partial charge is 0.385 e. The van der Waals surface area contributed by atoms with Crippen molar-refractivity contribution in [1.82, 2.24) is 0 Å². The summed E-state index contributed by atoms with van der Waals surface area (Å²) in [7, 11) is 0. The van der Waals surface area contributed by atoms with E-state index in [1.807, 2.05) is 30.3 Å². The fraction of sp³-hybridized carbons (Fsp3) is 0.158. The van der Waals surface area contributed by atoms with E-state index in [2.05, 4.69) is 53.8 Å². The highest BCUT2D eigenvalue weighted by Gasteiger charge is 1.87. The zero-order chi connectivity index (χ0) is 14.8. The second kappa shape index (κ2) is 9.04. The van der Waals surface area contributed by atoms with Crippen molar-refractivity contribution >= 4 is 28.1 Å². The van der Waals surface area contributed by atoms with Crippen molar-refractivity contribution in [2.75, 3.05) is 17.7 Å². The molecule has 108 valence electrons. The van der Waals surface area contributed by atoms with Gasteiger partial charge in [-0.05, 0) is 29.3 Å². The molecule has 0 atom stereocenters. The molecule has 1 N–H and O–H groups in total. The molecule has 0 saturated heterocycles. The minimum atomic E-state index is 0.722. The third kappa shape index (κ3) is 5.49. The number of benzene rings is 3. The molecule has 0 saturated carbocycles. The van der Waals surface area contributed by atoms with Crippen LogP contribution in [0.1, 0.15) is 6.42 Å². The Morgan fingerprint density at radius 1 is 0.667 bits per heavy atom. The molecule has 1 nitrogen and oxygen atoms in total. The van der Waals surface area contributed by atoms with Gasteiger partial charge in [0.2, 0.25) is 0 Å². The summed E-state index contributed by atoms with van der Waals surface area (Å²) in [5, 5.41) is 5.88. The van der Waals surface area contributed by atoms with Gasteiger partial charge in [-0.1, -0.05) is 66.7 Å². The molecule has 3 aromatic carbocycles. The van der Waals surface area contributed by atoms with Gasteiger partial charge in [-0.25, -0.2) is 0 Å². The number of alkyl halides is 1. The zero-order valence-electron chi connectivity index (χ0n) is 12.0. The summed E-state index contributed by atoms with van der Waals surface area (Å²) < 4.78 is 0. The lowest BCUT2D eigenvalue weighted by Crippen LogP contribution is -2.00. The van der Waals surface area contributed by atoms with Crippen LogP contribution in [-0.4, -0.2) is 12.4 Å². The first-order chi connectivity index (χ1) is 10.4. The number of para-hydroxylation sites is 1. The van der Waals surface area contributed by atoms with Gasteiger partial charge in [-0.2, -0.15) is 0 Å². The quantitative estimate of drug-likeness (QED) is 0.490. The Balaban J connectivity index is 0.000000154. The molecule has 3 aromatic rings. The van der Waals surface area contributed by atoms with E-state index in [1.54, 1.807) is 0 Å². The minimum Gasteiger partial charge on any atom is -0.385 e. The van der Waals surface area contributed by atoms with Crippen LogP contribution in [0.25, 0.3) is 10.8 Å². The van der Waals surface area contributed by atoms with Gasteiger partial charge in [0.05, 0.1) is 0 Å². The van der Waals surface area contributed by atoms with Gasteiger partial charge in [0.1, 0.15) is 0 Å². The van der Waals surface area contributed by atoms with Crippen molar-refractivity contribution in [1.29, 1.82) is 0 Å². The van der Waals surface area contributed by atoms with Crippen LogP contribution < -0.4 is 5.32 Å². The highest BCUT2D eigenvalue weighted by Crippen LogP contribution is 2.11. The summed E-state index contributed by atoms with van der Waals surface area (Å²) in [5.74, 6) is 0.722. The second-order valence-corrected chi connectivity index (χ2v) is 5.06. The lowest BCUT2D eigenvalue weighted by Gasteiger charge is -2.02. The Morgan fingerprint density at radius 2 is 1.14 bits per heavy atom. The van der Waals surface area contributed by atoms with Gasteiger partial charge in [-0.15, -0.1) is 11.6 Å². The summed E-state index contributed by atoms with van der Waals surface area (Å²) in [6.45, 7) is 0.952. The molecule has 0 aliphatic rings. The van der Waals surface area contributed by atoms with Gasteiger partial charge in [0, 0.05) is 18.1 Å². The van der Waals surface area contributed by atoms with E-state index in [-0.39, 0.29) is 0 Å². The lowest BCUT2D eigenvalue weighted by atomic mass is 10.1. The summed E-state index contributed by atoms with van der Waals surface area (Å²) in [6.07, 6.45) is 1.01. The summed E-state index contributed by atoms with van der Waals surface area (Å²) in [6, 6.07) is 26.9. The molecule has 0 unspecified atom stereocenters. The third-order valence-corrected chi connectivity index (χ3v) is 3.34. The van der Waals surface area contributed by atoms with Crippen LogP contribution >= 0.6 is 11.6 Å². The number of hydrogen-bond donors (Lipinski definition) is 1. The van der Waals surface area contributed by atoms with Crippen molar-refractivity contribution in [3.05, 3.63) is 78.9 Å². The molecule has 0 bridgehead atoms. The molecule has 0 heterocycles. The highest BCUT2D eigenvalue weighted by molar-refractivity contribution is 6.17. The number of fused-ring (bicyclic) bond motifs is 1. The first kappa shape index (κ1) is 15.4. The van der Waals surface area contributed by atoms with Crippen molar-refractivity contribution in [2.45, 2.75) is 6.42 Å². The molecule has 0 fully saturated rings. The minimum absolute atomic E-state index is 0.722. The van der Waals surface area contributed by atoms with Crippen molar-refractivity contribution in [2.24, 2.45) is 0 Å². The fourth-order valence-corrected chi connectivity index (χ4v) is 2.12. The molecule has 0 aliphatic carbocycles. The van der Waals surface area contributed by atoms with Crippen LogP contribution in [0.2, 0.25) is 0 Å². The molecule has 0 spiro atoms. The van der Waals surface area contributed by atoms with E-state index in [4.69, 9.17) is 11.6 Å². The van der Waals surface area contributed by atoms with Crippen LogP contribution in [-0.2, 0) is 0 Å². The molecule has 0 aliphatic heterocycles. The van der Waals surface area contributed by atoms with Crippen LogP contribution in [0.3, 0.4) is 0 Å². The Labute approximate surface area is 131 Å². The average Bonchev–Trinajstić information content (AvgIpc) is 2.57. The maximum Gasteiger partial charge on any atom is 0.0340 e. The van der Waals surface area contributed by atoms with E-state index in [0.717, 1.165) is 24.5 Å². The normalized spacial score (nSPS) is 9.76. The number of nitrogens with one attached hydrogen (secondary N) is 1. The Kier molecular flexibility index (Phi) is 6.63. The van der Waals surface area contributed by atoms with E-state index in [9.17, 15) is 0 Å². The van der Waals surface area contributed by atoms with Crippen LogP contribution in [0.5, 0.6) is 0 Å². The molecule has 0 amide bonds. The topological polar surface area (TPSA) is 12.0 Å².